The highest BCUT2D eigenvalue weighted by molar-refractivity contribution is 6.75. The van der Waals surface area contributed by atoms with Gasteiger partial charge in [0.15, 0.2) is 25.0 Å². The summed E-state index contributed by atoms with van der Waals surface area (Å²) < 4.78 is 29.6. The number of nitrogens with zero attached hydrogens (tertiary/aromatic N) is 1. The summed E-state index contributed by atoms with van der Waals surface area (Å²) >= 11 is 0. The monoisotopic (exact) mass is 676 g/mol. The third-order valence-corrected chi connectivity index (χ3v) is 24.2. The van der Waals surface area contributed by atoms with E-state index in [0.717, 1.165) is 5.56 Å². The Morgan fingerprint density at radius 2 is 1.24 bits per heavy atom. The largest absolute Gasteiger partial charge is 0.414 e. The van der Waals surface area contributed by atoms with Gasteiger partial charge in [-0.2, -0.15) is 0 Å². The van der Waals surface area contributed by atoms with E-state index < -0.39 is 60.6 Å². The Hall–Kier alpha value is -1.61. The van der Waals surface area contributed by atoms with Crippen molar-refractivity contribution in [1.82, 2.24) is 9.55 Å². The molecule has 0 saturated carbocycles. The smallest absolute Gasteiger partial charge is 0.328 e. The molecule has 1 aliphatic heterocycles. The van der Waals surface area contributed by atoms with E-state index in [1.54, 1.807) is 10.8 Å². The van der Waals surface area contributed by atoms with Gasteiger partial charge in [-0.3, -0.25) is 14.3 Å². The summed E-state index contributed by atoms with van der Waals surface area (Å²) in [5.74, 6) is 0. The minimum Gasteiger partial charge on any atom is -0.414 e. The number of hydrogen-bond acceptors (Lipinski definition) is 6. The van der Waals surface area contributed by atoms with Crippen molar-refractivity contribution in [2.24, 2.45) is 0 Å². The lowest BCUT2D eigenvalue weighted by Gasteiger charge is -2.44. The normalized spacial score (nSPS) is 22.2. The van der Waals surface area contributed by atoms with Crippen molar-refractivity contribution in [3.05, 3.63) is 68.5 Å². The lowest BCUT2D eigenvalue weighted by atomic mass is 10.0. The van der Waals surface area contributed by atoms with Gasteiger partial charge in [-0.25, -0.2) is 4.79 Å². The fraction of sp³-hybridized carbons (Fsp3) is 0.706. The van der Waals surface area contributed by atoms with Gasteiger partial charge < -0.3 is 18.0 Å². The average molecular weight is 677 g/mol. The Kier molecular flexibility index (Phi) is 11.0. The zero-order chi connectivity index (χ0) is 34.4. The van der Waals surface area contributed by atoms with Crippen LogP contribution >= 0.6 is 0 Å². The molecule has 45 heavy (non-hydrogen) atoms. The fourth-order valence-electron chi connectivity index (χ4n) is 4.55. The number of nitrogens with one attached hydrogen (secondary N) is 1. The molecule has 4 atom stereocenters. The molecule has 2 unspecified atom stereocenters. The van der Waals surface area contributed by atoms with Gasteiger partial charge in [-0.05, 0) is 60.0 Å². The Labute approximate surface area is 274 Å². The molecule has 3 rings (SSSR count). The second-order valence-corrected chi connectivity index (χ2v) is 31.6. The van der Waals surface area contributed by atoms with Gasteiger partial charge in [0.1, 0.15) is 24.4 Å². The van der Waals surface area contributed by atoms with Crippen LogP contribution in [0.1, 0.15) is 79.5 Å². The maximum atomic E-state index is 13.6. The second kappa shape index (κ2) is 13.1. The van der Waals surface area contributed by atoms with E-state index in [4.69, 9.17) is 18.0 Å². The Balaban J connectivity index is 2.19. The van der Waals surface area contributed by atoms with Crippen LogP contribution in [0.2, 0.25) is 54.4 Å². The lowest BCUT2D eigenvalue weighted by Crippen LogP contribution is -2.54. The molecule has 1 aromatic carbocycles. The zero-order valence-corrected chi connectivity index (χ0v) is 33.6. The van der Waals surface area contributed by atoms with Crippen molar-refractivity contribution < 1.29 is 18.0 Å². The van der Waals surface area contributed by atoms with Crippen LogP contribution in [0.25, 0.3) is 0 Å². The third-order valence-electron chi connectivity index (χ3n) is 10.7. The Morgan fingerprint density at radius 3 is 1.73 bits per heavy atom. The van der Waals surface area contributed by atoms with Crippen molar-refractivity contribution in [2.75, 3.05) is 6.61 Å². The molecule has 1 aliphatic rings. The summed E-state index contributed by atoms with van der Waals surface area (Å²) in [7, 11) is -6.86. The second-order valence-electron chi connectivity index (χ2n) is 17.3. The van der Waals surface area contributed by atoms with Gasteiger partial charge in [-0.15, -0.1) is 0 Å². The number of hydrogen-bond donors (Lipinski definition) is 1. The van der Waals surface area contributed by atoms with Gasteiger partial charge in [0.25, 0.3) is 5.56 Å². The molecule has 1 fully saturated rings. The van der Waals surface area contributed by atoms with E-state index in [1.165, 1.54) is 0 Å². The SMILES string of the molecule is CC(C)(C)[Si](C)(C)OC[C@H]1O[C@@H](c2cn(Cc3ccccc3)c(=O)[nH]c2=O)C(O[Si](C)(C)C(C)(C)C)C1O[Si](C)(C)C(C)(C)C. The summed E-state index contributed by atoms with van der Waals surface area (Å²) in [5, 5.41) is -0.132. The van der Waals surface area contributed by atoms with Gasteiger partial charge in [0.2, 0.25) is 0 Å². The molecule has 0 bridgehead atoms. The highest BCUT2D eigenvalue weighted by Gasteiger charge is 2.55. The van der Waals surface area contributed by atoms with Crippen molar-refractivity contribution in [2.45, 2.75) is 148 Å². The molecule has 11 heteroatoms. The van der Waals surface area contributed by atoms with Gasteiger partial charge in [0, 0.05) is 6.20 Å². The van der Waals surface area contributed by atoms with E-state index in [1.807, 2.05) is 30.3 Å². The van der Waals surface area contributed by atoms with E-state index in [9.17, 15) is 9.59 Å². The maximum absolute atomic E-state index is 13.6. The van der Waals surface area contributed by atoms with E-state index in [2.05, 4.69) is 107 Å². The summed E-state index contributed by atoms with van der Waals surface area (Å²) in [6, 6.07) is 9.74. The van der Waals surface area contributed by atoms with Crippen LogP contribution in [0.5, 0.6) is 0 Å². The first-order chi connectivity index (χ1) is 20.3. The number of H-pyrrole nitrogens is 1. The highest BCUT2D eigenvalue weighted by Crippen LogP contribution is 2.47. The molecule has 2 heterocycles. The van der Waals surface area contributed by atoms with Crippen molar-refractivity contribution in [3.63, 3.8) is 0 Å². The molecule has 1 aromatic heterocycles. The molecular weight excluding hydrogens is 617 g/mol. The van der Waals surface area contributed by atoms with Crippen molar-refractivity contribution >= 4 is 25.0 Å². The Bertz CT molecular complexity index is 1410. The predicted molar refractivity (Wildman–Crippen MR) is 192 cm³/mol. The molecule has 8 nitrogen and oxygen atoms in total. The number of benzene rings is 1. The van der Waals surface area contributed by atoms with Gasteiger partial charge in [-0.1, -0.05) is 92.6 Å². The molecule has 1 N–H and O–H groups in total. The van der Waals surface area contributed by atoms with Gasteiger partial charge in [0.05, 0.1) is 18.7 Å². The average Bonchev–Trinajstić information content (AvgIpc) is 3.18. The first-order valence-electron chi connectivity index (χ1n) is 16.3. The molecule has 254 valence electrons. The zero-order valence-electron chi connectivity index (χ0n) is 30.6. The number of ether oxygens (including phenoxy) is 1. The molecule has 0 amide bonds. The quantitative estimate of drug-likeness (QED) is 0.258. The third kappa shape index (κ3) is 8.65. The highest BCUT2D eigenvalue weighted by atomic mass is 28.4. The molecule has 2 aromatic rings. The minimum absolute atomic E-state index is 0.0158. The van der Waals surface area contributed by atoms with Crippen LogP contribution in [0.3, 0.4) is 0 Å². The van der Waals surface area contributed by atoms with Crippen molar-refractivity contribution in [1.29, 1.82) is 0 Å². The van der Waals surface area contributed by atoms with Crippen LogP contribution in [-0.2, 0) is 24.6 Å². The van der Waals surface area contributed by atoms with Crippen molar-refractivity contribution in [3.8, 4) is 0 Å². The lowest BCUT2D eigenvalue weighted by molar-refractivity contribution is -0.0179. The number of rotatable bonds is 10. The van der Waals surface area contributed by atoms with Crippen LogP contribution in [0.4, 0.5) is 0 Å². The summed E-state index contributed by atoms with van der Waals surface area (Å²) in [6.07, 6.45) is -0.558. The molecule has 0 aliphatic carbocycles. The van der Waals surface area contributed by atoms with Crippen LogP contribution < -0.4 is 11.2 Å². The number of aromatic nitrogens is 2. The van der Waals surface area contributed by atoms with E-state index in [0.29, 0.717) is 18.7 Å². The number of aromatic amines is 1. The molecule has 1 saturated heterocycles. The van der Waals surface area contributed by atoms with E-state index in [-0.39, 0.29) is 15.1 Å². The predicted octanol–water partition coefficient (Wildman–Crippen LogP) is 7.83. The molecular formula is C34H60N2O6Si3. The first kappa shape index (κ1) is 37.8. The van der Waals surface area contributed by atoms with Crippen LogP contribution in [0.15, 0.2) is 46.1 Å². The van der Waals surface area contributed by atoms with E-state index >= 15 is 0 Å². The fourth-order valence-corrected chi connectivity index (χ4v) is 8.18. The maximum Gasteiger partial charge on any atom is 0.328 e. The topological polar surface area (TPSA) is 91.8 Å². The van der Waals surface area contributed by atoms with Crippen LogP contribution in [0, 0.1) is 0 Å². The molecule has 0 spiro atoms. The summed E-state index contributed by atoms with van der Waals surface area (Å²) in [6.45, 7) is 34.0. The Morgan fingerprint density at radius 1 is 0.756 bits per heavy atom. The van der Waals surface area contributed by atoms with Crippen LogP contribution in [-0.4, -0.2) is 59.4 Å². The molecule has 0 radical (unpaired) electrons. The minimum atomic E-state index is -2.39. The summed E-state index contributed by atoms with van der Waals surface area (Å²) in [4.78, 5) is 29.2. The summed E-state index contributed by atoms with van der Waals surface area (Å²) in [5.41, 5.74) is 0.404. The van der Waals surface area contributed by atoms with Gasteiger partial charge >= 0.3 is 5.69 Å². The first-order valence-corrected chi connectivity index (χ1v) is 25.0. The standard InChI is InChI=1S/C34H60N2O6Si3/c1-32(2,3)43(10,11)39-23-26-28(41-44(12,13)33(4,5)6)29(42-45(14,15)34(7,8)9)27(40-26)25-22-36(31(38)35-30(25)37)21-24-19-17-16-18-20-24/h16-20,22,26-29H,21,23H2,1-15H3,(H,35,37,38)/t26-,27+,28?,29?/m1/s1.